The Balaban J connectivity index is 1.55. The van der Waals surface area contributed by atoms with E-state index in [0.717, 1.165) is 5.56 Å². The molecule has 1 N–H and O–H groups in total. The molecule has 1 fully saturated rings. The van der Waals surface area contributed by atoms with Gasteiger partial charge in [0.15, 0.2) is 11.5 Å². The Morgan fingerprint density at radius 2 is 1.70 bits per heavy atom. The van der Waals surface area contributed by atoms with Gasteiger partial charge in [0.25, 0.3) is 0 Å². The van der Waals surface area contributed by atoms with E-state index < -0.39 is 10.0 Å². The largest absolute Gasteiger partial charge is 0.493 e. The summed E-state index contributed by atoms with van der Waals surface area (Å²) in [6, 6.07) is 15.0. The molecule has 0 spiro atoms. The van der Waals surface area contributed by atoms with Gasteiger partial charge in [-0.3, -0.25) is 14.5 Å². The number of rotatable bonds is 15. The van der Waals surface area contributed by atoms with Gasteiger partial charge in [0, 0.05) is 45.3 Å². The molecule has 1 aromatic heterocycles. The van der Waals surface area contributed by atoms with E-state index >= 15 is 0 Å². The smallest absolute Gasteiger partial charge is 0.243 e. The zero-order valence-corrected chi connectivity index (χ0v) is 26.2. The van der Waals surface area contributed by atoms with Gasteiger partial charge >= 0.3 is 0 Å². The minimum absolute atomic E-state index is 0.0318. The van der Waals surface area contributed by atoms with Gasteiger partial charge in [-0.1, -0.05) is 6.07 Å². The van der Waals surface area contributed by atoms with Crippen LogP contribution in [0.3, 0.4) is 0 Å². The van der Waals surface area contributed by atoms with E-state index in [0.29, 0.717) is 68.8 Å². The Bertz CT molecular complexity index is 1470. The lowest BCUT2D eigenvalue weighted by atomic mass is 10.1. The van der Waals surface area contributed by atoms with E-state index in [4.69, 9.17) is 18.6 Å². The van der Waals surface area contributed by atoms with E-state index in [9.17, 15) is 18.0 Å². The molecule has 0 bridgehead atoms. The third-order valence-corrected chi connectivity index (χ3v) is 9.15. The van der Waals surface area contributed by atoms with Crippen LogP contribution >= 0.6 is 0 Å². The summed E-state index contributed by atoms with van der Waals surface area (Å²) in [4.78, 5) is 29.1. The molecule has 1 aliphatic heterocycles. The molecule has 0 radical (unpaired) electrons. The Hall–Kier alpha value is -3.91. The third kappa shape index (κ3) is 9.05. The van der Waals surface area contributed by atoms with Crippen molar-refractivity contribution in [2.75, 3.05) is 72.0 Å². The molecule has 13 heteroatoms. The van der Waals surface area contributed by atoms with Crippen LogP contribution in [0.5, 0.6) is 11.5 Å². The summed E-state index contributed by atoms with van der Waals surface area (Å²) >= 11 is 0. The van der Waals surface area contributed by atoms with Gasteiger partial charge in [0.1, 0.15) is 5.76 Å². The van der Waals surface area contributed by atoms with Crippen LogP contribution in [0, 0.1) is 0 Å². The fraction of sp³-hybridized carbons (Fsp3) is 0.419. The van der Waals surface area contributed by atoms with Gasteiger partial charge in [-0.15, -0.1) is 0 Å². The van der Waals surface area contributed by atoms with Crippen LogP contribution < -0.4 is 14.8 Å². The number of furan rings is 1. The number of sulfonamides is 1. The molecule has 238 valence electrons. The van der Waals surface area contributed by atoms with Crippen LogP contribution in [0.2, 0.25) is 0 Å². The fourth-order valence-electron chi connectivity index (χ4n) is 4.86. The second-order valence-corrected chi connectivity index (χ2v) is 12.3. The molecular weight excluding hydrogens is 588 g/mol. The van der Waals surface area contributed by atoms with Crippen LogP contribution in [-0.2, 0) is 37.3 Å². The number of amides is 2. The topological polar surface area (TPSA) is 131 Å². The molecule has 1 aliphatic rings. The highest BCUT2D eigenvalue weighted by atomic mass is 32.2. The summed E-state index contributed by atoms with van der Waals surface area (Å²) in [6.45, 7) is 4.60. The number of hydrogen-bond donors (Lipinski definition) is 1. The van der Waals surface area contributed by atoms with E-state index in [1.807, 2.05) is 18.2 Å². The number of ether oxygens (including phenoxy) is 3. The van der Waals surface area contributed by atoms with Crippen molar-refractivity contribution in [3.05, 3.63) is 72.2 Å². The molecule has 44 heavy (non-hydrogen) atoms. The fourth-order valence-corrected chi connectivity index (χ4v) is 6.24. The van der Waals surface area contributed by atoms with Gasteiger partial charge in [0.05, 0.1) is 51.7 Å². The molecule has 0 unspecified atom stereocenters. The van der Waals surface area contributed by atoms with Crippen LogP contribution in [0.1, 0.15) is 18.2 Å². The highest BCUT2D eigenvalue weighted by Crippen LogP contribution is 2.28. The summed E-state index contributed by atoms with van der Waals surface area (Å²) in [6.07, 6.45) is 2.04. The lowest BCUT2D eigenvalue weighted by Crippen LogP contribution is -2.47. The predicted molar refractivity (Wildman–Crippen MR) is 164 cm³/mol. The number of nitrogens with zero attached hydrogens (tertiary/aromatic N) is 3. The minimum Gasteiger partial charge on any atom is -0.493 e. The van der Waals surface area contributed by atoms with Gasteiger partial charge in [-0.25, -0.2) is 8.42 Å². The quantitative estimate of drug-likeness (QED) is 0.270. The summed E-state index contributed by atoms with van der Waals surface area (Å²) in [5.41, 5.74) is 1.41. The van der Waals surface area contributed by atoms with Crippen molar-refractivity contribution in [3.8, 4) is 11.5 Å². The number of nitrogens with one attached hydrogen (secondary N) is 1. The number of hydrogen-bond acceptors (Lipinski definition) is 9. The lowest BCUT2D eigenvalue weighted by molar-refractivity contribution is -0.132. The Kier molecular flexibility index (Phi) is 11.8. The molecular formula is C31H40N4O8S. The van der Waals surface area contributed by atoms with Gasteiger partial charge < -0.3 is 28.8 Å². The zero-order valence-electron chi connectivity index (χ0n) is 25.4. The standard InChI is InChI=1S/C31H40N4O8S/c1-24(36)32-26-7-9-28(10-8-26)44(38,39)35(15-14-33-16-19-42-20-17-33)23-31(37)34(22-27-5-4-18-43-27)13-12-25-6-11-29(40-2)30(21-25)41-3/h4-11,18,21H,12-17,19-20,22-23H2,1-3H3,(H,32,36). The first kappa shape index (κ1) is 33.0. The first-order chi connectivity index (χ1) is 21.2. The third-order valence-electron chi connectivity index (χ3n) is 7.29. The first-order valence-electron chi connectivity index (χ1n) is 14.4. The Labute approximate surface area is 258 Å². The summed E-state index contributed by atoms with van der Waals surface area (Å²) in [5.74, 6) is 1.15. The van der Waals surface area contributed by atoms with Crippen molar-refractivity contribution >= 4 is 27.5 Å². The molecule has 1 saturated heterocycles. The Morgan fingerprint density at radius 3 is 2.34 bits per heavy atom. The lowest BCUT2D eigenvalue weighted by Gasteiger charge is -2.31. The molecule has 4 rings (SSSR count). The number of anilines is 1. The van der Waals surface area contributed by atoms with Crippen LogP contribution in [0.15, 0.2) is 70.2 Å². The van der Waals surface area contributed by atoms with E-state index in [1.165, 1.54) is 41.8 Å². The van der Waals surface area contributed by atoms with Gasteiger partial charge in [0.2, 0.25) is 21.8 Å². The predicted octanol–water partition coefficient (Wildman–Crippen LogP) is 2.85. The monoisotopic (exact) mass is 628 g/mol. The number of methoxy groups -OCH3 is 2. The summed E-state index contributed by atoms with van der Waals surface area (Å²) in [7, 11) is -0.930. The highest BCUT2D eigenvalue weighted by molar-refractivity contribution is 7.89. The van der Waals surface area contributed by atoms with Crippen molar-refractivity contribution in [2.24, 2.45) is 0 Å². The summed E-state index contributed by atoms with van der Waals surface area (Å²) in [5, 5.41) is 2.64. The van der Waals surface area contributed by atoms with E-state index in [-0.39, 0.29) is 36.3 Å². The van der Waals surface area contributed by atoms with Crippen LogP contribution in [0.25, 0.3) is 0 Å². The normalized spacial score (nSPS) is 13.9. The van der Waals surface area contributed by atoms with Crippen molar-refractivity contribution in [2.45, 2.75) is 24.8 Å². The maximum atomic E-state index is 13.9. The number of benzene rings is 2. The SMILES string of the molecule is COc1ccc(CCN(Cc2ccco2)C(=O)CN(CCN2CCOCC2)S(=O)(=O)c2ccc(NC(C)=O)cc2)cc1OC. The number of carbonyl (C=O) groups excluding carboxylic acids is 2. The highest BCUT2D eigenvalue weighted by Gasteiger charge is 2.29. The molecule has 3 aromatic rings. The van der Waals surface area contributed by atoms with Gasteiger partial charge in [-0.05, 0) is 60.5 Å². The van der Waals surface area contributed by atoms with Gasteiger partial charge in [-0.2, -0.15) is 4.31 Å². The van der Waals surface area contributed by atoms with Crippen molar-refractivity contribution < 1.29 is 36.6 Å². The average Bonchev–Trinajstić information content (AvgIpc) is 3.54. The maximum Gasteiger partial charge on any atom is 0.243 e. The maximum absolute atomic E-state index is 13.9. The van der Waals surface area contributed by atoms with Crippen LogP contribution in [-0.4, -0.2) is 101 Å². The zero-order chi connectivity index (χ0) is 31.5. The molecule has 0 aliphatic carbocycles. The average molecular weight is 629 g/mol. The molecule has 2 aromatic carbocycles. The van der Waals surface area contributed by atoms with Crippen molar-refractivity contribution in [1.82, 2.24) is 14.1 Å². The van der Waals surface area contributed by atoms with Crippen LogP contribution in [0.4, 0.5) is 5.69 Å². The Morgan fingerprint density at radius 1 is 0.977 bits per heavy atom. The first-order valence-corrected chi connectivity index (χ1v) is 15.8. The van der Waals surface area contributed by atoms with E-state index in [1.54, 1.807) is 31.3 Å². The second-order valence-electron chi connectivity index (χ2n) is 10.3. The van der Waals surface area contributed by atoms with Crippen molar-refractivity contribution in [3.63, 3.8) is 0 Å². The second kappa shape index (κ2) is 15.7. The molecule has 2 amide bonds. The van der Waals surface area contributed by atoms with E-state index in [2.05, 4.69) is 10.2 Å². The summed E-state index contributed by atoms with van der Waals surface area (Å²) < 4.78 is 50.8. The molecule has 2 heterocycles. The molecule has 0 atom stereocenters. The number of morpholine rings is 1. The molecule has 0 saturated carbocycles. The molecule has 12 nitrogen and oxygen atoms in total. The number of carbonyl (C=O) groups is 2. The van der Waals surface area contributed by atoms with Crippen molar-refractivity contribution in [1.29, 1.82) is 0 Å². The minimum atomic E-state index is -4.06.